The highest BCUT2D eigenvalue weighted by molar-refractivity contribution is 6.10. The number of phenols is 1. The van der Waals surface area contributed by atoms with E-state index in [2.05, 4.69) is 4.98 Å². The van der Waals surface area contributed by atoms with Crippen molar-refractivity contribution in [2.45, 2.75) is 0 Å². The monoisotopic (exact) mass is 215 g/mol. The summed E-state index contributed by atoms with van der Waals surface area (Å²) in [5.74, 6) is -0.829. The Labute approximate surface area is 91.8 Å². The Morgan fingerprint density at radius 3 is 2.38 bits per heavy atom. The van der Waals surface area contributed by atoms with Crippen LogP contribution >= 0.6 is 0 Å². The van der Waals surface area contributed by atoms with Gasteiger partial charge in [0.15, 0.2) is 5.69 Å². The van der Waals surface area contributed by atoms with Crippen LogP contribution in [0.1, 0.15) is 16.1 Å². The first-order valence-electron chi connectivity index (χ1n) is 4.67. The van der Waals surface area contributed by atoms with Crippen LogP contribution in [0.4, 0.5) is 0 Å². The summed E-state index contributed by atoms with van der Waals surface area (Å²) in [7, 11) is 0. The molecule has 2 rings (SSSR count). The van der Waals surface area contributed by atoms with Gasteiger partial charge in [0.25, 0.3) is 0 Å². The highest BCUT2D eigenvalue weighted by Gasteiger charge is 2.17. The Kier molecular flexibility index (Phi) is 2.55. The number of phenolic OH excluding ortho intramolecular Hbond substituents is 1. The van der Waals surface area contributed by atoms with Crippen LogP contribution in [0.25, 0.3) is 0 Å². The number of hydrogen-bond acceptors (Lipinski definition) is 4. The maximum Gasteiger partial charge on any atom is 0.218 e. The van der Waals surface area contributed by atoms with Crippen molar-refractivity contribution in [3.8, 4) is 11.5 Å². The van der Waals surface area contributed by atoms with E-state index < -0.39 is 5.78 Å². The van der Waals surface area contributed by atoms with Gasteiger partial charge in [0.2, 0.25) is 5.78 Å². The number of carbonyl (C=O) groups is 1. The van der Waals surface area contributed by atoms with Crippen LogP contribution in [0.5, 0.6) is 11.5 Å². The number of aromatic hydroxyl groups is 2. The first kappa shape index (κ1) is 10.2. The largest absolute Gasteiger partial charge is 0.507 e. The summed E-state index contributed by atoms with van der Waals surface area (Å²) in [4.78, 5) is 15.7. The molecule has 0 aliphatic rings. The van der Waals surface area contributed by atoms with Crippen molar-refractivity contribution in [1.82, 2.24) is 4.98 Å². The van der Waals surface area contributed by atoms with E-state index in [4.69, 9.17) is 0 Å². The molecule has 0 unspecified atom stereocenters. The van der Waals surface area contributed by atoms with Gasteiger partial charge in [-0.2, -0.15) is 0 Å². The summed E-state index contributed by atoms with van der Waals surface area (Å²) in [6.07, 6.45) is 1.41. The second-order valence-corrected chi connectivity index (χ2v) is 3.22. The van der Waals surface area contributed by atoms with Crippen LogP contribution in [-0.4, -0.2) is 21.0 Å². The number of carbonyl (C=O) groups excluding carboxylic acids is 1. The third kappa shape index (κ3) is 1.72. The summed E-state index contributed by atoms with van der Waals surface area (Å²) in [5.41, 5.74) is 0.0560. The minimum absolute atomic E-state index is 0.0657. The minimum Gasteiger partial charge on any atom is -0.507 e. The molecule has 1 aromatic heterocycles. The van der Waals surface area contributed by atoms with Crippen LogP contribution in [0.15, 0.2) is 42.6 Å². The van der Waals surface area contributed by atoms with E-state index in [1.165, 1.54) is 30.5 Å². The summed E-state index contributed by atoms with van der Waals surface area (Å²) in [5, 5.41) is 19.0. The molecule has 0 radical (unpaired) electrons. The van der Waals surface area contributed by atoms with Crippen molar-refractivity contribution < 1.29 is 15.0 Å². The molecular formula is C12H9NO3. The first-order chi connectivity index (χ1) is 7.70. The summed E-state index contributed by atoms with van der Waals surface area (Å²) in [6, 6.07) is 9.04. The van der Waals surface area contributed by atoms with Crippen LogP contribution in [0, 0.1) is 0 Å². The van der Waals surface area contributed by atoms with Gasteiger partial charge in [-0.05, 0) is 24.3 Å². The molecule has 0 saturated heterocycles. The fourth-order valence-electron chi connectivity index (χ4n) is 1.36. The minimum atomic E-state index is -0.504. The molecule has 0 saturated carbocycles. The van der Waals surface area contributed by atoms with E-state index in [9.17, 15) is 15.0 Å². The number of aromatic nitrogens is 1. The van der Waals surface area contributed by atoms with Gasteiger partial charge in [0.05, 0.1) is 5.56 Å². The topological polar surface area (TPSA) is 70.4 Å². The van der Waals surface area contributed by atoms with Gasteiger partial charge in [-0.25, -0.2) is 4.98 Å². The van der Waals surface area contributed by atoms with Gasteiger partial charge in [0, 0.05) is 6.20 Å². The average Bonchev–Trinajstić information content (AvgIpc) is 2.29. The van der Waals surface area contributed by atoms with Gasteiger partial charge in [-0.1, -0.05) is 12.1 Å². The fourth-order valence-corrected chi connectivity index (χ4v) is 1.36. The van der Waals surface area contributed by atoms with Gasteiger partial charge in [-0.3, -0.25) is 4.79 Å². The number of pyridine rings is 1. The number of nitrogens with zero attached hydrogens (tertiary/aromatic N) is 1. The maximum atomic E-state index is 11.9. The molecule has 0 aliphatic carbocycles. The average molecular weight is 215 g/mol. The molecule has 0 spiro atoms. The Bertz CT molecular complexity index is 490. The van der Waals surface area contributed by atoms with Crippen molar-refractivity contribution in [3.05, 3.63) is 53.9 Å². The Morgan fingerprint density at radius 1 is 1.00 bits per heavy atom. The van der Waals surface area contributed by atoms with E-state index in [-0.39, 0.29) is 22.8 Å². The molecule has 2 N–H and O–H groups in total. The van der Waals surface area contributed by atoms with E-state index >= 15 is 0 Å². The normalized spacial score (nSPS) is 10.0. The van der Waals surface area contributed by atoms with E-state index in [0.717, 1.165) is 0 Å². The molecule has 16 heavy (non-hydrogen) atoms. The quantitative estimate of drug-likeness (QED) is 0.748. The second-order valence-electron chi connectivity index (χ2n) is 3.22. The Hall–Kier alpha value is -2.36. The van der Waals surface area contributed by atoms with Crippen LogP contribution in [0.2, 0.25) is 0 Å². The lowest BCUT2D eigenvalue weighted by molar-refractivity contribution is 0.102. The molecule has 80 valence electrons. The molecule has 1 heterocycles. The van der Waals surface area contributed by atoms with Crippen molar-refractivity contribution in [2.24, 2.45) is 0 Å². The first-order valence-corrected chi connectivity index (χ1v) is 4.67. The summed E-state index contributed by atoms with van der Waals surface area (Å²) >= 11 is 0. The zero-order valence-electron chi connectivity index (χ0n) is 8.29. The zero-order valence-corrected chi connectivity index (χ0v) is 8.29. The van der Waals surface area contributed by atoms with E-state index in [0.29, 0.717) is 0 Å². The zero-order chi connectivity index (χ0) is 11.5. The lowest BCUT2D eigenvalue weighted by atomic mass is 10.1. The van der Waals surface area contributed by atoms with Crippen LogP contribution < -0.4 is 0 Å². The lowest BCUT2D eigenvalue weighted by Crippen LogP contribution is -2.04. The van der Waals surface area contributed by atoms with Gasteiger partial charge < -0.3 is 10.2 Å². The fraction of sp³-hybridized carbons (Fsp3) is 0. The predicted octanol–water partition coefficient (Wildman–Crippen LogP) is 1.72. The van der Waals surface area contributed by atoms with Gasteiger partial charge in [-0.15, -0.1) is 0 Å². The molecule has 0 amide bonds. The smallest absolute Gasteiger partial charge is 0.218 e. The van der Waals surface area contributed by atoms with Gasteiger partial charge >= 0.3 is 0 Å². The molecule has 0 fully saturated rings. The summed E-state index contributed by atoms with van der Waals surface area (Å²) in [6.45, 7) is 0. The van der Waals surface area contributed by atoms with Crippen molar-refractivity contribution in [2.75, 3.05) is 0 Å². The number of para-hydroxylation sites is 1. The van der Waals surface area contributed by atoms with Crippen LogP contribution in [-0.2, 0) is 0 Å². The Morgan fingerprint density at radius 2 is 1.69 bits per heavy atom. The molecule has 0 bridgehead atoms. The highest BCUT2D eigenvalue weighted by Crippen LogP contribution is 2.22. The SMILES string of the molecule is O=C(c1ccccc1O)c1ncccc1O. The molecule has 1 aromatic carbocycles. The molecule has 2 aromatic rings. The molecular weight excluding hydrogens is 206 g/mol. The number of hydrogen-bond donors (Lipinski definition) is 2. The number of rotatable bonds is 2. The molecule has 0 atom stereocenters. The Balaban J connectivity index is 2.48. The molecule has 4 nitrogen and oxygen atoms in total. The molecule has 4 heteroatoms. The number of ketones is 1. The maximum absolute atomic E-state index is 11.9. The lowest BCUT2D eigenvalue weighted by Gasteiger charge is -2.03. The van der Waals surface area contributed by atoms with E-state index in [1.807, 2.05) is 0 Å². The standard InChI is InChI=1S/C12H9NO3/c14-9-5-2-1-4-8(9)12(16)11-10(15)6-3-7-13-11/h1-7,14-15H. The summed E-state index contributed by atoms with van der Waals surface area (Å²) < 4.78 is 0. The highest BCUT2D eigenvalue weighted by atomic mass is 16.3. The van der Waals surface area contributed by atoms with Crippen LogP contribution in [0.3, 0.4) is 0 Å². The van der Waals surface area contributed by atoms with E-state index in [1.54, 1.807) is 12.1 Å². The number of benzene rings is 1. The second kappa shape index (κ2) is 4.02. The molecule has 0 aliphatic heterocycles. The third-order valence-corrected chi connectivity index (χ3v) is 2.15. The predicted molar refractivity (Wildman–Crippen MR) is 57.4 cm³/mol. The van der Waals surface area contributed by atoms with Gasteiger partial charge in [0.1, 0.15) is 11.5 Å². The third-order valence-electron chi connectivity index (χ3n) is 2.15. The van der Waals surface area contributed by atoms with Crippen molar-refractivity contribution in [3.63, 3.8) is 0 Å². The van der Waals surface area contributed by atoms with Crippen molar-refractivity contribution >= 4 is 5.78 Å². The van der Waals surface area contributed by atoms with Crippen molar-refractivity contribution in [1.29, 1.82) is 0 Å².